The van der Waals surface area contributed by atoms with E-state index in [4.69, 9.17) is 22.9 Å². The van der Waals surface area contributed by atoms with Crippen LogP contribution in [0.5, 0.6) is 0 Å². The third-order valence-electron chi connectivity index (χ3n) is 7.31. The lowest BCUT2D eigenvalue weighted by atomic mass is 10.0. The van der Waals surface area contributed by atoms with E-state index in [0.717, 1.165) is 0 Å². The molecule has 22 nitrogen and oxygen atoms in total. The van der Waals surface area contributed by atoms with Crippen LogP contribution in [0.4, 0.5) is 0 Å². The van der Waals surface area contributed by atoms with Crippen LogP contribution in [0, 0.1) is 0 Å². The number of aliphatic carboxylic acids is 1. The molecule has 296 valence electrons. The SMILES string of the molecule is NCCCC[C@H](NC(=O)[C@H](CCC(N)=O)NC(=O)[C@H](Cc1cnc[nH]1)NC(=O)[C@H](CC(N)=O)NC(=O)CNC(=O)[C@@H](N)CS)C(=O)N[C@@H](CS)C(=O)O. The van der Waals surface area contributed by atoms with Crippen molar-refractivity contribution in [3.8, 4) is 0 Å². The fourth-order valence-corrected chi connectivity index (χ4v) is 4.87. The first-order valence-electron chi connectivity index (χ1n) is 16.2. The van der Waals surface area contributed by atoms with Gasteiger partial charge in [0.05, 0.1) is 25.3 Å². The Morgan fingerprint density at radius 1 is 0.736 bits per heavy atom. The zero-order valence-electron chi connectivity index (χ0n) is 28.7. The van der Waals surface area contributed by atoms with Crippen LogP contribution in [-0.4, -0.2) is 129 Å². The van der Waals surface area contributed by atoms with Crippen LogP contribution < -0.4 is 54.8 Å². The van der Waals surface area contributed by atoms with Gasteiger partial charge in [-0.1, -0.05) is 0 Å². The number of nitrogens with two attached hydrogens (primary N) is 4. The number of aromatic nitrogens is 2. The van der Waals surface area contributed by atoms with Gasteiger partial charge in [0.2, 0.25) is 47.3 Å². The molecule has 0 aromatic carbocycles. The molecule has 1 aromatic heterocycles. The van der Waals surface area contributed by atoms with Crippen molar-refractivity contribution in [3.63, 3.8) is 0 Å². The van der Waals surface area contributed by atoms with E-state index in [1.807, 2.05) is 0 Å². The van der Waals surface area contributed by atoms with E-state index in [0.29, 0.717) is 18.5 Å². The molecule has 1 rings (SSSR count). The summed E-state index contributed by atoms with van der Waals surface area (Å²) >= 11 is 7.82. The third kappa shape index (κ3) is 17.9. The summed E-state index contributed by atoms with van der Waals surface area (Å²) in [5, 5.41) is 23.4. The van der Waals surface area contributed by atoms with Gasteiger partial charge in [-0.2, -0.15) is 25.3 Å². The first-order valence-corrected chi connectivity index (χ1v) is 17.5. The van der Waals surface area contributed by atoms with Crippen molar-refractivity contribution in [1.29, 1.82) is 0 Å². The van der Waals surface area contributed by atoms with Crippen molar-refractivity contribution in [3.05, 3.63) is 18.2 Å². The number of hydrogen-bond acceptors (Lipinski definition) is 14. The van der Waals surface area contributed by atoms with Crippen molar-refractivity contribution in [2.45, 2.75) is 81.2 Å². The van der Waals surface area contributed by atoms with Crippen molar-refractivity contribution < 1.29 is 48.3 Å². The van der Waals surface area contributed by atoms with Crippen LogP contribution in [0.25, 0.3) is 0 Å². The van der Waals surface area contributed by atoms with Crippen LogP contribution >= 0.6 is 25.3 Å². The summed E-state index contributed by atoms with van der Waals surface area (Å²) in [4.78, 5) is 120. The van der Waals surface area contributed by atoms with Crippen molar-refractivity contribution in [2.75, 3.05) is 24.6 Å². The Labute approximate surface area is 315 Å². The molecule has 0 unspecified atom stereocenters. The molecule has 0 radical (unpaired) electrons. The lowest BCUT2D eigenvalue weighted by Crippen LogP contribution is -2.60. The number of carbonyl (C=O) groups is 9. The normalized spacial score (nSPS) is 14.2. The predicted molar refractivity (Wildman–Crippen MR) is 193 cm³/mol. The fraction of sp³-hybridized carbons (Fsp3) is 0.586. The van der Waals surface area contributed by atoms with Gasteiger partial charge in [0.1, 0.15) is 30.2 Å². The second-order valence-corrected chi connectivity index (χ2v) is 12.4. The topological polar surface area (TPSA) is 379 Å². The summed E-state index contributed by atoms with van der Waals surface area (Å²) in [6, 6.07) is -8.35. The molecule has 8 amide bonds. The van der Waals surface area contributed by atoms with Gasteiger partial charge >= 0.3 is 5.97 Å². The van der Waals surface area contributed by atoms with Gasteiger partial charge in [-0.15, -0.1) is 0 Å². The molecule has 1 heterocycles. The van der Waals surface area contributed by atoms with E-state index in [9.17, 15) is 48.3 Å². The number of unbranched alkanes of at least 4 members (excludes halogenated alkanes) is 1. The largest absolute Gasteiger partial charge is 0.480 e. The number of thiol groups is 2. The summed E-state index contributed by atoms with van der Waals surface area (Å²) in [6.07, 6.45) is 1.73. The molecule has 0 bridgehead atoms. The molecule has 0 fully saturated rings. The molecule has 24 heteroatoms. The van der Waals surface area contributed by atoms with Crippen LogP contribution in [0.1, 0.15) is 44.2 Å². The zero-order chi connectivity index (χ0) is 40.1. The number of carboxylic acids is 1. The molecule has 1 aromatic rings. The molecule has 0 saturated heterocycles. The monoisotopic (exact) mass is 788 g/mol. The number of rotatable bonds is 26. The number of nitrogens with one attached hydrogen (secondary N) is 7. The third-order valence-corrected chi connectivity index (χ3v) is 8.07. The summed E-state index contributed by atoms with van der Waals surface area (Å²) in [6.45, 7) is -0.364. The molecule has 0 aliphatic rings. The Bertz CT molecular complexity index is 1430. The first kappa shape index (κ1) is 46.1. The van der Waals surface area contributed by atoms with E-state index in [2.05, 4.69) is 67.1 Å². The number of primary amides is 2. The molecule has 6 atom stereocenters. The first-order chi connectivity index (χ1) is 25.0. The standard InChI is InChI=1S/C29H48N12O10S2/c30-6-2-1-3-16(25(46)41-20(12-53)29(50)51)38-26(47)17(4-5-21(32)42)39-27(48)18(7-14-9-34-13-36-14)40-28(49)19(8-22(33)43)37-23(44)10-35-24(45)15(31)11-52/h9,13,15-20,52-53H,1-8,10-12,30-31H2,(H2,32,42)(H2,33,43)(H,34,36)(H,35,45)(H,37,44)(H,38,47)(H,39,48)(H,40,49)(H,41,46)(H,50,51)/t15-,16-,17-,18-,19-,20-/m0/s1. The summed E-state index contributed by atoms with van der Waals surface area (Å²) < 4.78 is 0. The fourth-order valence-electron chi connectivity index (χ4n) is 4.45. The van der Waals surface area contributed by atoms with Crippen molar-refractivity contribution in [1.82, 2.24) is 41.9 Å². The molecule has 16 N–H and O–H groups in total. The minimum atomic E-state index is -1.62. The maximum absolute atomic E-state index is 13.7. The molecule has 0 spiro atoms. The Hall–Kier alpha value is -4.94. The van der Waals surface area contributed by atoms with Gasteiger partial charge in [0.25, 0.3) is 0 Å². The molecule has 0 saturated carbocycles. The van der Waals surface area contributed by atoms with Crippen LogP contribution in [0.3, 0.4) is 0 Å². The van der Waals surface area contributed by atoms with E-state index in [1.165, 1.54) is 12.5 Å². The average Bonchev–Trinajstić information content (AvgIpc) is 3.62. The smallest absolute Gasteiger partial charge is 0.327 e. The lowest BCUT2D eigenvalue weighted by molar-refractivity contribution is -0.141. The number of carbonyl (C=O) groups excluding carboxylic acids is 8. The molecular weight excluding hydrogens is 741 g/mol. The quantitative estimate of drug-likeness (QED) is 0.0308. The van der Waals surface area contributed by atoms with Crippen LogP contribution in [0.2, 0.25) is 0 Å². The number of nitrogens with zero attached hydrogens (tertiary/aromatic N) is 1. The van der Waals surface area contributed by atoms with Gasteiger partial charge in [0, 0.05) is 36.2 Å². The maximum atomic E-state index is 13.7. The maximum Gasteiger partial charge on any atom is 0.327 e. The number of imidazole rings is 1. The minimum Gasteiger partial charge on any atom is -0.480 e. The molecule has 0 aliphatic carbocycles. The van der Waals surface area contributed by atoms with Gasteiger partial charge in [-0.05, 0) is 32.2 Å². The second kappa shape index (κ2) is 24.3. The zero-order valence-corrected chi connectivity index (χ0v) is 30.5. The Balaban J connectivity index is 3.31. The molecular formula is C29H48N12O10S2. The van der Waals surface area contributed by atoms with Crippen LogP contribution in [-0.2, 0) is 49.6 Å². The van der Waals surface area contributed by atoms with E-state index in [1.54, 1.807) is 0 Å². The molecule has 0 aliphatic heterocycles. The summed E-state index contributed by atoms with van der Waals surface area (Å²) in [7, 11) is 0. The van der Waals surface area contributed by atoms with E-state index >= 15 is 0 Å². The predicted octanol–water partition coefficient (Wildman–Crippen LogP) is -5.97. The lowest BCUT2D eigenvalue weighted by Gasteiger charge is -2.26. The van der Waals surface area contributed by atoms with E-state index < -0.39 is 109 Å². The average molecular weight is 789 g/mol. The van der Waals surface area contributed by atoms with Gasteiger partial charge in [0.15, 0.2) is 0 Å². The highest BCUT2D eigenvalue weighted by Crippen LogP contribution is 2.07. The van der Waals surface area contributed by atoms with E-state index in [-0.39, 0.29) is 37.3 Å². The Morgan fingerprint density at radius 2 is 1.30 bits per heavy atom. The van der Waals surface area contributed by atoms with Crippen LogP contribution in [0.15, 0.2) is 12.5 Å². The van der Waals surface area contributed by atoms with Gasteiger partial charge in [-0.3, -0.25) is 38.4 Å². The number of aromatic amines is 1. The molecule has 53 heavy (non-hydrogen) atoms. The highest BCUT2D eigenvalue weighted by atomic mass is 32.1. The number of amides is 8. The van der Waals surface area contributed by atoms with Gasteiger partial charge < -0.3 is 64.9 Å². The Morgan fingerprint density at radius 3 is 1.81 bits per heavy atom. The minimum absolute atomic E-state index is 0.0146. The second-order valence-electron chi connectivity index (χ2n) is 11.6. The number of H-pyrrole nitrogens is 1. The number of hydrogen-bond donors (Lipinski definition) is 14. The number of carboxylic acid groups (broad SMARTS) is 1. The van der Waals surface area contributed by atoms with Gasteiger partial charge in [-0.25, -0.2) is 9.78 Å². The van der Waals surface area contributed by atoms with Crippen molar-refractivity contribution in [2.24, 2.45) is 22.9 Å². The summed E-state index contributed by atoms with van der Waals surface area (Å²) in [5.41, 5.74) is 22.0. The summed E-state index contributed by atoms with van der Waals surface area (Å²) in [5.74, 6) is -8.92. The highest BCUT2D eigenvalue weighted by Gasteiger charge is 2.33. The highest BCUT2D eigenvalue weighted by molar-refractivity contribution is 7.80. The Kier molecular flexibility index (Phi) is 21.2. The van der Waals surface area contributed by atoms with Crippen molar-refractivity contribution >= 4 is 78.5 Å².